The lowest BCUT2D eigenvalue weighted by molar-refractivity contribution is -0.153. The van der Waals surface area contributed by atoms with E-state index in [-0.39, 0.29) is 18.4 Å². The zero-order chi connectivity index (χ0) is 12.1. The van der Waals surface area contributed by atoms with E-state index >= 15 is 0 Å². The first-order valence-electron chi connectivity index (χ1n) is 5.45. The lowest BCUT2D eigenvalue weighted by Gasteiger charge is -2.30. The second-order valence-corrected chi connectivity index (χ2v) is 4.19. The molecular weight excluding hydrogens is 212 g/mol. The molecule has 0 aliphatic carbocycles. The lowest BCUT2D eigenvalue weighted by Crippen LogP contribution is -2.33. The van der Waals surface area contributed by atoms with Crippen LogP contribution in [-0.2, 0) is 19.1 Å². The molecule has 0 aromatic carbocycles. The maximum Gasteiger partial charge on any atom is 0.307 e. The molecule has 1 rings (SSSR count). The molecule has 1 unspecified atom stereocenters. The van der Waals surface area contributed by atoms with Crippen molar-refractivity contribution in [2.24, 2.45) is 11.8 Å². The van der Waals surface area contributed by atoms with E-state index in [1.165, 1.54) is 7.11 Å². The van der Waals surface area contributed by atoms with Gasteiger partial charge in [-0.1, -0.05) is 0 Å². The maximum absolute atomic E-state index is 11.1. The summed E-state index contributed by atoms with van der Waals surface area (Å²) < 4.78 is 9.88. The fourth-order valence-corrected chi connectivity index (χ4v) is 2.12. The van der Waals surface area contributed by atoms with Gasteiger partial charge in [0.25, 0.3) is 0 Å². The highest BCUT2D eigenvalue weighted by Crippen LogP contribution is 2.29. The smallest absolute Gasteiger partial charge is 0.307 e. The van der Waals surface area contributed by atoms with Gasteiger partial charge in [-0.3, -0.25) is 9.59 Å². The van der Waals surface area contributed by atoms with E-state index in [1.54, 1.807) is 0 Å². The fourth-order valence-electron chi connectivity index (χ4n) is 2.12. The number of ether oxygens (including phenoxy) is 2. The minimum Gasteiger partial charge on any atom is -0.481 e. The van der Waals surface area contributed by atoms with E-state index in [0.29, 0.717) is 19.4 Å². The number of rotatable bonds is 4. The standard InChI is InChI=1S/C11H18O5/c1-7-5-8(3-4-16-7)9(11(13)14)6-10(12)15-2/h7-9H,3-6H2,1-2H3,(H,13,14)/t7-,8+,9?/m0/s1. The molecule has 1 aliphatic heterocycles. The predicted molar refractivity (Wildman–Crippen MR) is 55.9 cm³/mol. The number of hydrogen-bond acceptors (Lipinski definition) is 4. The Bertz CT molecular complexity index is 263. The summed E-state index contributed by atoms with van der Waals surface area (Å²) in [5.41, 5.74) is 0. The molecule has 0 aromatic rings. The number of hydrogen-bond donors (Lipinski definition) is 1. The number of carboxylic acid groups (broad SMARTS) is 1. The lowest BCUT2D eigenvalue weighted by atomic mass is 9.82. The summed E-state index contributed by atoms with van der Waals surface area (Å²) >= 11 is 0. The van der Waals surface area contributed by atoms with Gasteiger partial charge in [0.2, 0.25) is 0 Å². The Balaban J connectivity index is 2.61. The normalized spacial score (nSPS) is 27.1. The van der Waals surface area contributed by atoms with Gasteiger partial charge in [-0.05, 0) is 25.7 Å². The van der Waals surface area contributed by atoms with Crippen molar-refractivity contribution in [3.05, 3.63) is 0 Å². The molecule has 92 valence electrons. The van der Waals surface area contributed by atoms with Gasteiger partial charge in [-0.25, -0.2) is 0 Å². The molecule has 0 amide bonds. The van der Waals surface area contributed by atoms with E-state index in [9.17, 15) is 9.59 Å². The molecule has 1 heterocycles. The number of aliphatic carboxylic acids is 1. The molecule has 3 atom stereocenters. The number of methoxy groups -OCH3 is 1. The highest BCUT2D eigenvalue weighted by atomic mass is 16.5. The molecule has 16 heavy (non-hydrogen) atoms. The summed E-state index contributed by atoms with van der Waals surface area (Å²) in [5, 5.41) is 9.11. The van der Waals surface area contributed by atoms with Crippen LogP contribution in [-0.4, -0.2) is 36.9 Å². The number of esters is 1. The van der Waals surface area contributed by atoms with Crippen molar-refractivity contribution in [2.45, 2.75) is 32.3 Å². The average molecular weight is 230 g/mol. The third-order valence-corrected chi connectivity index (χ3v) is 3.03. The van der Waals surface area contributed by atoms with Gasteiger partial charge in [-0.2, -0.15) is 0 Å². The molecule has 5 heteroatoms. The van der Waals surface area contributed by atoms with E-state index in [4.69, 9.17) is 9.84 Å². The molecule has 0 spiro atoms. The minimum absolute atomic E-state index is 0.000324. The number of carboxylic acids is 1. The van der Waals surface area contributed by atoms with Crippen LogP contribution >= 0.6 is 0 Å². The first-order chi connectivity index (χ1) is 7.54. The highest BCUT2D eigenvalue weighted by molar-refractivity contribution is 5.78. The summed E-state index contributed by atoms with van der Waals surface area (Å²) in [6, 6.07) is 0. The molecule has 1 fully saturated rings. The molecule has 0 saturated carbocycles. The van der Waals surface area contributed by atoms with Crippen LogP contribution in [0.15, 0.2) is 0 Å². The molecule has 1 saturated heterocycles. The molecular formula is C11H18O5. The van der Waals surface area contributed by atoms with Crippen LogP contribution < -0.4 is 0 Å². The van der Waals surface area contributed by atoms with Crippen LogP contribution in [0.1, 0.15) is 26.2 Å². The Hall–Kier alpha value is -1.10. The van der Waals surface area contributed by atoms with Gasteiger partial charge in [0.1, 0.15) is 0 Å². The average Bonchev–Trinajstić information content (AvgIpc) is 2.25. The monoisotopic (exact) mass is 230 g/mol. The van der Waals surface area contributed by atoms with Crippen molar-refractivity contribution in [1.82, 2.24) is 0 Å². The third-order valence-electron chi connectivity index (χ3n) is 3.03. The Morgan fingerprint density at radius 3 is 2.75 bits per heavy atom. The van der Waals surface area contributed by atoms with Gasteiger partial charge in [0.05, 0.1) is 25.6 Å². The molecule has 0 radical (unpaired) electrons. The van der Waals surface area contributed by atoms with Crippen LogP contribution in [0.25, 0.3) is 0 Å². The van der Waals surface area contributed by atoms with Crippen molar-refractivity contribution in [3.8, 4) is 0 Å². The predicted octanol–water partition coefficient (Wildman–Crippen LogP) is 1.07. The zero-order valence-corrected chi connectivity index (χ0v) is 9.64. The van der Waals surface area contributed by atoms with E-state index in [2.05, 4.69) is 4.74 Å². The number of carbonyl (C=O) groups excluding carboxylic acids is 1. The van der Waals surface area contributed by atoms with Crippen LogP contribution in [0.2, 0.25) is 0 Å². The summed E-state index contributed by atoms with van der Waals surface area (Å²) in [6.07, 6.45) is 1.40. The van der Waals surface area contributed by atoms with Gasteiger partial charge >= 0.3 is 11.9 Å². The molecule has 5 nitrogen and oxygen atoms in total. The minimum atomic E-state index is -0.926. The number of carbonyl (C=O) groups is 2. The molecule has 1 N–H and O–H groups in total. The summed E-state index contributed by atoms with van der Waals surface area (Å²) in [7, 11) is 1.27. The molecule has 0 aromatic heterocycles. The van der Waals surface area contributed by atoms with Gasteiger partial charge in [0.15, 0.2) is 0 Å². The van der Waals surface area contributed by atoms with Crippen LogP contribution in [0.3, 0.4) is 0 Å². The van der Waals surface area contributed by atoms with Crippen LogP contribution in [0, 0.1) is 11.8 Å². The second kappa shape index (κ2) is 5.84. The van der Waals surface area contributed by atoms with Crippen molar-refractivity contribution >= 4 is 11.9 Å². The van der Waals surface area contributed by atoms with Crippen molar-refractivity contribution in [1.29, 1.82) is 0 Å². The van der Waals surface area contributed by atoms with Crippen LogP contribution in [0.4, 0.5) is 0 Å². The first kappa shape index (κ1) is 13.0. The Labute approximate surface area is 94.7 Å². The third kappa shape index (κ3) is 3.48. The molecule has 1 aliphatic rings. The van der Waals surface area contributed by atoms with Gasteiger partial charge in [0, 0.05) is 6.61 Å². The van der Waals surface area contributed by atoms with E-state index in [1.807, 2.05) is 6.92 Å². The fraction of sp³-hybridized carbons (Fsp3) is 0.818. The van der Waals surface area contributed by atoms with Crippen molar-refractivity contribution in [2.75, 3.05) is 13.7 Å². The van der Waals surface area contributed by atoms with Crippen molar-refractivity contribution < 1.29 is 24.2 Å². The Morgan fingerprint density at radius 2 is 2.25 bits per heavy atom. The first-order valence-corrected chi connectivity index (χ1v) is 5.45. The molecule has 0 bridgehead atoms. The Kier molecular flexibility index (Phi) is 4.73. The summed E-state index contributed by atoms with van der Waals surface area (Å²) in [4.78, 5) is 22.2. The van der Waals surface area contributed by atoms with E-state index < -0.39 is 17.9 Å². The van der Waals surface area contributed by atoms with Gasteiger partial charge in [-0.15, -0.1) is 0 Å². The SMILES string of the molecule is COC(=O)CC(C(=O)O)[C@@H]1CCO[C@@H](C)C1. The summed E-state index contributed by atoms with van der Waals surface area (Å²) in [5.74, 6) is -2.05. The zero-order valence-electron chi connectivity index (χ0n) is 9.64. The summed E-state index contributed by atoms with van der Waals surface area (Å²) in [6.45, 7) is 2.49. The topological polar surface area (TPSA) is 72.8 Å². The van der Waals surface area contributed by atoms with Crippen molar-refractivity contribution in [3.63, 3.8) is 0 Å². The quantitative estimate of drug-likeness (QED) is 0.731. The maximum atomic E-state index is 11.1. The van der Waals surface area contributed by atoms with Gasteiger partial charge < -0.3 is 14.6 Å². The largest absolute Gasteiger partial charge is 0.481 e. The van der Waals surface area contributed by atoms with E-state index in [0.717, 1.165) is 0 Å². The Morgan fingerprint density at radius 1 is 1.56 bits per heavy atom. The van der Waals surface area contributed by atoms with Crippen LogP contribution in [0.5, 0.6) is 0 Å². The highest BCUT2D eigenvalue weighted by Gasteiger charge is 2.33. The second-order valence-electron chi connectivity index (χ2n) is 4.19.